The summed E-state index contributed by atoms with van der Waals surface area (Å²) in [4.78, 5) is 16.5. The zero-order valence-electron chi connectivity index (χ0n) is 13.5. The Morgan fingerprint density at radius 3 is 1.90 bits per heavy atom. The first kappa shape index (κ1) is 17.0. The molecule has 0 aliphatic carbocycles. The Hall–Kier alpha value is -2.04. The predicted octanol–water partition coefficient (Wildman–Crippen LogP) is 3.38. The highest BCUT2D eigenvalue weighted by Crippen LogP contribution is 2.28. The summed E-state index contributed by atoms with van der Waals surface area (Å²) in [6, 6.07) is 5.24. The Bertz CT molecular complexity index is 499. The lowest BCUT2D eigenvalue weighted by Crippen LogP contribution is -2.25. The lowest BCUT2D eigenvalue weighted by Gasteiger charge is -2.13. The van der Waals surface area contributed by atoms with Gasteiger partial charge in [0.2, 0.25) is 0 Å². The van der Waals surface area contributed by atoms with Gasteiger partial charge in [0.15, 0.2) is 0 Å². The molecule has 0 heterocycles. The van der Waals surface area contributed by atoms with Gasteiger partial charge in [-0.05, 0) is 13.8 Å². The summed E-state index contributed by atoms with van der Waals surface area (Å²) in [5, 5.41) is 0. The van der Waals surface area contributed by atoms with Gasteiger partial charge >= 0.3 is 5.97 Å². The highest BCUT2D eigenvalue weighted by molar-refractivity contribution is 6.37. The number of methoxy groups -OCH3 is 2. The van der Waals surface area contributed by atoms with Crippen LogP contribution in [-0.2, 0) is 9.53 Å². The first-order valence-corrected chi connectivity index (χ1v) is 6.90. The Balaban J connectivity index is 3.18. The Morgan fingerprint density at radius 2 is 1.52 bits per heavy atom. The van der Waals surface area contributed by atoms with Crippen LogP contribution in [0.4, 0.5) is 5.69 Å². The van der Waals surface area contributed by atoms with E-state index in [4.69, 9.17) is 14.2 Å². The second-order valence-corrected chi connectivity index (χ2v) is 5.18. The minimum absolute atomic E-state index is 0.0477. The van der Waals surface area contributed by atoms with Crippen molar-refractivity contribution in [3.05, 3.63) is 18.2 Å². The molecule has 1 aromatic carbocycles. The van der Waals surface area contributed by atoms with Crippen LogP contribution in [0, 0.1) is 5.92 Å². The second kappa shape index (κ2) is 7.67. The summed E-state index contributed by atoms with van der Waals surface area (Å²) in [6.07, 6.45) is -0.179. The van der Waals surface area contributed by atoms with Crippen molar-refractivity contribution < 1.29 is 19.0 Å². The molecule has 0 aromatic heterocycles. The minimum atomic E-state index is -0.401. The van der Waals surface area contributed by atoms with E-state index in [1.807, 2.05) is 27.7 Å². The van der Waals surface area contributed by atoms with Crippen molar-refractivity contribution in [3.8, 4) is 11.5 Å². The van der Waals surface area contributed by atoms with E-state index in [1.165, 1.54) is 0 Å². The fourth-order valence-corrected chi connectivity index (χ4v) is 1.68. The third-order valence-electron chi connectivity index (χ3n) is 2.68. The molecule has 21 heavy (non-hydrogen) atoms. The molecule has 0 aliphatic heterocycles. The van der Waals surface area contributed by atoms with Gasteiger partial charge in [0.05, 0.1) is 26.0 Å². The highest BCUT2D eigenvalue weighted by atomic mass is 16.5. The predicted molar refractivity (Wildman–Crippen MR) is 82.7 cm³/mol. The van der Waals surface area contributed by atoms with Crippen molar-refractivity contribution in [1.29, 1.82) is 0 Å². The lowest BCUT2D eigenvalue weighted by atomic mass is 10.1. The average Bonchev–Trinajstić information content (AvgIpc) is 2.43. The number of hydrogen-bond donors (Lipinski definition) is 0. The van der Waals surface area contributed by atoms with Crippen LogP contribution in [0.25, 0.3) is 0 Å². The molecule has 0 bridgehead atoms. The van der Waals surface area contributed by atoms with Crippen LogP contribution in [0.2, 0.25) is 0 Å². The van der Waals surface area contributed by atoms with Gasteiger partial charge in [0.1, 0.15) is 17.2 Å². The molecule has 0 saturated carbocycles. The van der Waals surface area contributed by atoms with Crippen LogP contribution in [0.5, 0.6) is 11.5 Å². The molecule has 5 heteroatoms. The maximum atomic E-state index is 12.1. The van der Waals surface area contributed by atoms with Gasteiger partial charge in [-0.3, -0.25) is 0 Å². The normalized spacial score (nSPS) is 11.7. The van der Waals surface area contributed by atoms with E-state index in [-0.39, 0.29) is 12.0 Å². The Kier molecular flexibility index (Phi) is 6.21. The number of rotatable bonds is 6. The number of benzene rings is 1. The van der Waals surface area contributed by atoms with Gasteiger partial charge in [-0.25, -0.2) is 9.79 Å². The third kappa shape index (κ3) is 5.10. The largest absolute Gasteiger partial charge is 0.497 e. The molecule has 0 saturated heterocycles. The topological polar surface area (TPSA) is 57.1 Å². The monoisotopic (exact) mass is 293 g/mol. The molecule has 116 valence electrons. The first-order valence-electron chi connectivity index (χ1n) is 6.90. The van der Waals surface area contributed by atoms with Crippen LogP contribution in [0.15, 0.2) is 23.2 Å². The summed E-state index contributed by atoms with van der Waals surface area (Å²) in [5.74, 6) is 0.789. The molecule has 1 rings (SSSR count). The molecule has 0 N–H and O–H groups in total. The van der Waals surface area contributed by atoms with Crippen molar-refractivity contribution in [3.63, 3.8) is 0 Å². The second-order valence-electron chi connectivity index (χ2n) is 5.18. The van der Waals surface area contributed by atoms with Crippen molar-refractivity contribution in [1.82, 2.24) is 0 Å². The van der Waals surface area contributed by atoms with Gasteiger partial charge in [-0.15, -0.1) is 0 Å². The number of carbonyl (C=O) groups is 1. The summed E-state index contributed by atoms with van der Waals surface area (Å²) < 4.78 is 15.6. The van der Waals surface area contributed by atoms with Crippen LogP contribution in [-0.4, -0.2) is 32.0 Å². The zero-order valence-corrected chi connectivity index (χ0v) is 13.5. The van der Waals surface area contributed by atoms with Crippen molar-refractivity contribution in [2.75, 3.05) is 14.2 Å². The van der Waals surface area contributed by atoms with E-state index < -0.39 is 5.97 Å². The summed E-state index contributed by atoms with van der Waals surface area (Å²) in [5.41, 5.74) is 0.967. The summed E-state index contributed by atoms with van der Waals surface area (Å²) >= 11 is 0. The van der Waals surface area contributed by atoms with Gasteiger partial charge in [-0.2, -0.15) is 0 Å². The van der Waals surface area contributed by atoms with E-state index in [0.717, 1.165) is 0 Å². The third-order valence-corrected chi connectivity index (χ3v) is 2.68. The van der Waals surface area contributed by atoms with Gasteiger partial charge in [0.25, 0.3) is 0 Å². The highest BCUT2D eigenvalue weighted by Gasteiger charge is 2.18. The van der Waals surface area contributed by atoms with E-state index in [9.17, 15) is 4.79 Å². The first-order chi connectivity index (χ1) is 9.87. The average molecular weight is 293 g/mol. The number of hydrogen-bond acceptors (Lipinski definition) is 5. The molecule has 0 unspecified atom stereocenters. The molecular weight excluding hydrogens is 270 g/mol. The lowest BCUT2D eigenvalue weighted by molar-refractivity contribution is -0.139. The summed E-state index contributed by atoms with van der Waals surface area (Å²) in [6.45, 7) is 7.42. The Morgan fingerprint density at radius 1 is 1.00 bits per heavy atom. The molecule has 0 aliphatic rings. The van der Waals surface area contributed by atoms with Crippen molar-refractivity contribution >= 4 is 17.4 Å². The van der Waals surface area contributed by atoms with E-state index in [2.05, 4.69) is 4.99 Å². The zero-order chi connectivity index (χ0) is 16.0. The maximum Gasteiger partial charge on any atom is 0.353 e. The van der Waals surface area contributed by atoms with Crippen LogP contribution in [0.3, 0.4) is 0 Å². The van der Waals surface area contributed by atoms with Crippen LogP contribution in [0.1, 0.15) is 27.7 Å². The molecule has 5 nitrogen and oxygen atoms in total. The standard InChI is InChI=1S/C16H23NO4/c1-10(2)15(16(18)21-11(3)4)17-12-7-13(19-5)9-14(8-12)20-6/h7-11H,1-6H3. The fraction of sp³-hybridized carbons (Fsp3) is 0.500. The number of carbonyl (C=O) groups excluding carboxylic acids is 1. The quantitative estimate of drug-likeness (QED) is 0.596. The SMILES string of the molecule is COc1cc(N=C(C(=O)OC(C)C)C(C)C)cc(OC)c1. The molecule has 0 spiro atoms. The minimum Gasteiger partial charge on any atom is -0.497 e. The number of nitrogens with zero attached hydrogens (tertiary/aromatic N) is 1. The Labute approximate surface area is 125 Å². The number of ether oxygens (including phenoxy) is 3. The molecule has 0 amide bonds. The molecule has 0 atom stereocenters. The summed E-state index contributed by atoms with van der Waals surface area (Å²) in [7, 11) is 3.14. The van der Waals surface area contributed by atoms with Gasteiger partial charge in [0, 0.05) is 24.1 Å². The van der Waals surface area contributed by atoms with Gasteiger partial charge in [-0.1, -0.05) is 13.8 Å². The van der Waals surface area contributed by atoms with Crippen molar-refractivity contribution in [2.45, 2.75) is 33.8 Å². The van der Waals surface area contributed by atoms with E-state index >= 15 is 0 Å². The number of esters is 1. The molecular formula is C16H23NO4. The van der Waals surface area contributed by atoms with Crippen LogP contribution < -0.4 is 9.47 Å². The van der Waals surface area contributed by atoms with Crippen molar-refractivity contribution in [2.24, 2.45) is 10.9 Å². The smallest absolute Gasteiger partial charge is 0.353 e. The van der Waals surface area contributed by atoms with Crippen LogP contribution >= 0.6 is 0 Å². The maximum absolute atomic E-state index is 12.1. The fourth-order valence-electron chi connectivity index (χ4n) is 1.68. The molecule has 1 aromatic rings. The van der Waals surface area contributed by atoms with E-state index in [0.29, 0.717) is 22.9 Å². The van der Waals surface area contributed by atoms with Gasteiger partial charge < -0.3 is 14.2 Å². The number of aliphatic imine (C=N–C) groups is 1. The van der Waals surface area contributed by atoms with E-state index in [1.54, 1.807) is 32.4 Å². The molecule has 0 radical (unpaired) electrons. The molecule has 0 fully saturated rings.